The van der Waals surface area contributed by atoms with Gasteiger partial charge < -0.3 is 0 Å². The molecule has 0 radical (unpaired) electrons. The van der Waals surface area contributed by atoms with E-state index in [4.69, 9.17) is 0 Å². The van der Waals surface area contributed by atoms with E-state index in [1.807, 2.05) is 18.2 Å². The number of benzene rings is 1. The Morgan fingerprint density at radius 1 is 1.20 bits per heavy atom. The average molecular weight is 197 g/mol. The molecule has 0 unspecified atom stereocenters. The predicted molar refractivity (Wildman–Crippen MR) is 56.8 cm³/mol. The molecule has 0 saturated heterocycles. The molecule has 4 heteroatoms. The fourth-order valence-electron chi connectivity index (χ4n) is 1.76. The van der Waals surface area contributed by atoms with E-state index in [1.54, 1.807) is 12.4 Å². The maximum atomic E-state index is 10.7. The standard InChI is InChI=1S/C11H7N3O/c15-6-10-9-2-1-7-5-12-4-3-8(7)11(9)14-13-10/h1-6H,(H,13,14). The van der Waals surface area contributed by atoms with Gasteiger partial charge in [-0.2, -0.15) is 5.10 Å². The van der Waals surface area contributed by atoms with Crippen LogP contribution in [0.3, 0.4) is 0 Å². The minimum atomic E-state index is 0.517. The molecule has 0 atom stereocenters. The molecule has 3 rings (SSSR count). The Labute approximate surface area is 84.9 Å². The second-order valence-electron chi connectivity index (χ2n) is 3.31. The number of carbonyl (C=O) groups is 1. The van der Waals surface area contributed by atoms with Gasteiger partial charge in [0.1, 0.15) is 11.2 Å². The van der Waals surface area contributed by atoms with Gasteiger partial charge in [-0.05, 0) is 12.1 Å². The molecule has 2 heterocycles. The van der Waals surface area contributed by atoms with Crippen molar-refractivity contribution in [2.45, 2.75) is 0 Å². The molecule has 15 heavy (non-hydrogen) atoms. The third-order valence-corrected chi connectivity index (χ3v) is 2.49. The molecule has 0 amide bonds. The number of aldehydes is 1. The van der Waals surface area contributed by atoms with Crippen LogP contribution in [0.4, 0.5) is 0 Å². The van der Waals surface area contributed by atoms with Crippen molar-refractivity contribution in [2.24, 2.45) is 0 Å². The van der Waals surface area contributed by atoms with Crippen molar-refractivity contribution in [1.82, 2.24) is 15.2 Å². The average Bonchev–Trinajstić information content (AvgIpc) is 2.72. The van der Waals surface area contributed by atoms with E-state index in [9.17, 15) is 4.79 Å². The normalized spacial score (nSPS) is 10.9. The molecule has 0 spiro atoms. The molecule has 0 aliphatic heterocycles. The van der Waals surface area contributed by atoms with Crippen LogP contribution >= 0.6 is 0 Å². The number of fused-ring (bicyclic) bond motifs is 3. The van der Waals surface area contributed by atoms with Crippen LogP contribution in [-0.4, -0.2) is 21.5 Å². The number of aromatic nitrogens is 3. The third kappa shape index (κ3) is 1.05. The summed E-state index contributed by atoms with van der Waals surface area (Å²) in [5.74, 6) is 0. The number of nitrogens with one attached hydrogen (secondary N) is 1. The number of hydrogen-bond donors (Lipinski definition) is 1. The quantitative estimate of drug-likeness (QED) is 0.606. The zero-order chi connectivity index (χ0) is 10.3. The Balaban J connectivity index is 2.55. The SMILES string of the molecule is O=Cc1[nH]nc2c1ccc1cnccc12. The highest BCUT2D eigenvalue weighted by molar-refractivity contribution is 6.09. The molecule has 4 nitrogen and oxygen atoms in total. The number of rotatable bonds is 1. The van der Waals surface area contributed by atoms with E-state index in [0.717, 1.165) is 28.0 Å². The smallest absolute Gasteiger partial charge is 0.168 e. The molecule has 1 aromatic carbocycles. The molecule has 0 aliphatic carbocycles. The van der Waals surface area contributed by atoms with Gasteiger partial charge in [0.05, 0.1) is 0 Å². The summed E-state index contributed by atoms with van der Waals surface area (Å²) in [5.41, 5.74) is 1.33. The lowest BCUT2D eigenvalue weighted by molar-refractivity contribution is 0.112. The minimum Gasteiger partial charge on any atom is -0.296 e. The Morgan fingerprint density at radius 2 is 2.13 bits per heavy atom. The van der Waals surface area contributed by atoms with Crippen molar-refractivity contribution in [1.29, 1.82) is 0 Å². The summed E-state index contributed by atoms with van der Waals surface area (Å²) in [6.07, 6.45) is 4.28. The minimum absolute atomic E-state index is 0.517. The highest BCUT2D eigenvalue weighted by atomic mass is 16.1. The highest BCUT2D eigenvalue weighted by Crippen LogP contribution is 2.23. The van der Waals surface area contributed by atoms with Gasteiger partial charge in [-0.15, -0.1) is 0 Å². The van der Waals surface area contributed by atoms with Crippen molar-refractivity contribution in [3.05, 3.63) is 36.3 Å². The number of aromatic amines is 1. The fourth-order valence-corrected chi connectivity index (χ4v) is 1.76. The van der Waals surface area contributed by atoms with Gasteiger partial charge in [-0.25, -0.2) is 0 Å². The molecule has 72 valence electrons. The van der Waals surface area contributed by atoms with Crippen LogP contribution in [0, 0.1) is 0 Å². The molecule has 1 N–H and O–H groups in total. The molecule has 0 bridgehead atoms. The van der Waals surface area contributed by atoms with Gasteiger partial charge in [0.25, 0.3) is 0 Å². The third-order valence-electron chi connectivity index (χ3n) is 2.49. The highest BCUT2D eigenvalue weighted by Gasteiger charge is 2.07. The number of carbonyl (C=O) groups excluding carboxylic acids is 1. The summed E-state index contributed by atoms with van der Waals surface area (Å²) >= 11 is 0. The van der Waals surface area contributed by atoms with Crippen molar-refractivity contribution >= 4 is 28.0 Å². The summed E-state index contributed by atoms with van der Waals surface area (Å²) in [6.45, 7) is 0. The van der Waals surface area contributed by atoms with Gasteiger partial charge in [-0.3, -0.25) is 14.9 Å². The second kappa shape index (κ2) is 2.88. The molecule has 0 saturated carbocycles. The van der Waals surface area contributed by atoms with E-state index in [2.05, 4.69) is 15.2 Å². The van der Waals surface area contributed by atoms with Crippen molar-refractivity contribution < 1.29 is 4.79 Å². The van der Waals surface area contributed by atoms with Gasteiger partial charge in [0.15, 0.2) is 6.29 Å². The lowest BCUT2D eigenvalue weighted by Crippen LogP contribution is -1.79. The fraction of sp³-hybridized carbons (Fsp3) is 0. The molecule has 0 aliphatic rings. The van der Waals surface area contributed by atoms with E-state index in [0.29, 0.717) is 5.69 Å². The molecule has 2 aromatic heterocycles. The first kappa shape index (κ1) is 8.11. The van der Waals surface area contributed by atoms with Gasteiger partial charge in [0.2, 0.25) is 0 Å². The van der Waals surface area contributed by atoms with E-state index in [-0.39, 0.29) is 0 Å². The van der Waals surface area contributed by atoms with Crippen LogP contribution in [0.2, 0.25) is 0 Å². The second-order valence-corrected chi connectivity index (χ2v) is 3.31. The predicted octanol–water partition coefficient (Wildman–Crippen LogP) is 1.92. The van der Waals surface area contributed by atoms with Gasteiger partial charge >= 0.3 is 0 Å². The topological polar surface area (TPSA) is 58.6 Å². The van der Waals surface area contributed by atoms with E-state index < -0.39 is 0 Å². The van der Waals surface area contributed by atoms with Crippen LogP contribution in [0.25, 0.3) is 21.7 Å². The van der Waals surface area contributed by atoms with Crippen molar-refractivity contribution in [2.75, 3.05) is 0 Å². The first-order valence-corrected chi connectivity index (χ1v) is 4.56. The summed E-state index contributed by atoms with van der Waals surface area (Å²) in [4.78, 5) is 14.8. The summed E-state index contributed by atoms with van der Waals surface area (Å²) in [6, 6.07) is 5.72. The molecule has 0 fully saturated rings. The summed E-state index contributed by atoms with van der Waals surface area (Å²) in [7, 11) is 0. The summed E-state index contributed by atoms with van der Waals surface area (Å²) < 4.78 is 0. The maximum absolute atomic E-state index is 10.7. The van der Waals surface area contributed by atoms with Gasteiger partial charge in [-0.1, -0.05) is 6.07 Å². The van der Waals surface area contributed by atoms with Crippen molar-refractivity contribution in [3.63, 3.8) is 0 Å². The van der Waals surface area contributed by atoms with Crippen molar-refractivity contribution in [3.8, 4) is 0 Å². The Morgan fingerprint density at radius 3 is 3.00 bits per heavy atom. The first-order chi connectivity index (χ1) is 7.40. The Kier molecular flexibility index (Phi) is 1.56. The van der Waals surface area contributed by atoms with Crippen LogP contribution in [-0.2, 0) is 0 Å². The maximum Gasteiger partial charge on any atom is 0.168 e. The zero-order valence-electron chi connectivity index (χ0n) is 7.77. The van der Waals surface area contributed by atoms with E-state index >= 15 is 0 Å². The number of H-pyrrole nitrogens is 1. The van der Waals surface area contributed by atoms with Crippen LogP contribution in [0.15, 0.2) is 30.6 Å². The van der Waals surface area contributed by atoms with E-state index in [1.165, 1.54) is 0 Å². The van der Waals surface area contributed by atoms with Crippen LogP contribution < -0.4 is 0 Å². The lowest BCUT2D eigenvalue weighted by Gasteiger charge is -1.96. The molecular weight excluding hydrogens is 190 g/mol. The van der Waals surface area contributed by atoms with Gasteiger partial charge in [0, 0.05) is 28.6 Å². The number of hydrogen-bond acceptors (Lipinski definition) is 3. The van der Waals surface area contributed by atoms with Crippen LogP contribution in [0.1, 0.15) is 10.5 Å². The molecule has 3 aromatic rings. The Hall–Kier alpha value is -2.23. The largest absolute Gasteiger partial charge is 0.296 e. The number of nitrogens with zero attached hydrogens (tertiary/aromatic N) is 2. The lowest BCUT2D eigenvalue weighted by atomic mass is 10.1. The number of pyridine rings is 1. The van der Waals surface area contributed by atoms with Crippen LogP contribution in [0.5, 0.6) is 0 Å². The molecular formula is C11H7N3O. The summed E-state index contributed by atoms with van der Waals surface area (Å²) in [5, 5.41) is 9.73. The first-order valence-electron chi connectivity index (χ1n) is 4.56. The zero-order valence-corrected chi connectivity index (χ0v) is 7.77. The Bertz CT molecular complexity index is 657. The monoisotopic (exact) mass is 197 g/mol.